The van der Waals surface area contributed by atoms with E-state index in [1.165, 1.54) is 11.3 Å². The quantitative estimate of drug-likeness (QED) is 0.763. The van der Waals surface area contributed by atoms with E-state index in [0.717, 1.165) is 41.9 Å². The molecule has 1 N–H and O–H groups in total. The lowest BCUT2D eigenvalue weighted by molar-refractivity contribution is 0.172. The number of benzene rings is 1. The van der Waals surface area contributed by atoms with E-state index in [1.807, 2.05) is 12.1 Å². The Balaban J connectivity index is 1.93. The molecule has 0 fully saturated rings. The van der Waals surface area contributed by atoms with Crippen molar-refractivity contribution in [2.75, 3.05) is 19.8 Å². The molecular formula is C14H14N2O2. The molecule has 0 aliphatic carbocycles. The Morgan fingerprint density at radius 1 is 1.06 bits per heavy atom. The Kier molecular flexibility index (Phi) is 2.17. The van der Waals surface area contributed by atoms with Crippen LogP contribution in [-0.2, 0) is 13.0 Å². The zero-order valence-electron chi connectivity index (χ0n) is 10.0. The molecule has 4 rings (SSSR count). The molecular weight excluding hydrogens is 228 g/mol. The van der Waals surface area contributed by atoms with Crippen LogP contribution in [0.3, 0.4) is 0 Å². The second kappa shape index (κ2) is 3.85. The van der Waals surface area contributed by atoms with Crippen molar-refractivity contribution in [3.63, 3.8) is 0 Å². The lowest BCUT2D eigenvalue weighted by Gasteiger charge is -2.20. The van der Waals surface area contributed by atoms with Crippen LogP contribution in [-0.4, -0.2) is 24.7 Å². The highest BCUT2D eigenvalue weighted by Gasteiger charge is 2.16. The third-order valence-electron chi connectivity index (χ3n) is 3.50. The van der Waals surface area contributed by atoms with Gasteiger partial charge in [-0.2, -0.15) is 0 Å². The number of aromatic nitrogens is 1. The maximum Gasteiger partial charge on any atom is 0.163 e. The summed E-state index contributed by atoms with van der Waals surface area (Å²) in [6.45, 7) is 3.16. The molecule has 2 aliphatic heterocycles. The molecule has 0 amide bonds. The highest BCUT2D eigenvalue weighted by Crippen LogP contribution is 2.34. The Hall–Kier alpha value is -1.81. The molecule has 0 unspecified atom stereocenters. The first-order valence-corrected chi connectivity index (χ1v) is 6.33. The lowest BCUT2D eigenvalue weighted by Crippen LogP contribution is -2.24. The van der Waals surface area contributed by atoms with Gasteiger partial charge in [0.15, 0.2) is 11.5 Å². The molecule has 4 nitrogen and oxygen atoms in total. The molecule has 2 aliphatic rings. The first kappa shape index (κ1) is 10.1. The van der Waals surface area contributed by atoms with E-state index in [0.29, 0.717) is 13.2 Å². The number of rotatable bonds is 0. The minimum atomic E-state index is 0.618. The number of fused-ring (bicyclic) bond motifs is 3. The van der Waals surface area contributed by atoms with Gasteiger partial charge in [-0.05, 0) is 17.7 Å². The smallest absolute Gasteiger partial charge is 0.163 e. The number of pyridine rings is 1. The summed E-state index contributed by atoms with van der Waals surface area (Å²) in [6, 6.07) is 6.24. The minimum Gasteiger partial charge on any atom is -0.486 e. The van der Waals surface area contributed by atoms with Gasteiger partial charge in [0.25, 0.3) is 0 Å². The summed E-state index contributed by atoms with van der Waals surface area (Å²) >= 11 is 0. The van der Waals surface area contributed by atoms with Gasteiger partial charge < -0.3 is 14.8 Å². The summed E-state index contributed by atoms with van der Waals surface area (Å²) < 4.78 is 11.2. The van der Waals surface area contributed by atoms with Crippen LogP contribution in [0.25, 0.3) is 10.9 Å². The van der Waals surface area contributed by atoms with Gasteiger partial charge in [-0.3, -0.25) is 4.98 Å². The number of nitrogens with zero attached hydrogens (tertiary/aromatic N) is 1. The van der Waals surface area contributed by atoms with Crippen molar-refractivity contribution in [1.82, 2.24) is 10.3 Å². The van der Waals surface area contributed by atoms with Gasteiger partial charge >= 0.3 is 0 Å². The second-order valence-electron chi connectivity index (χ2n) is 4.71. The van der Waals surface area contributed by atoms with Gasteiger partial charge in [0.2, 0.25) is 0 Å². The van der Waals surface area contributed by atoms with Crippen molar-refractivity contribution >= 4 is 10.9 Å². The van der Waals surface area contributed by atoms with E-state index in [9.17, 15) is 0 Å². The molecule has 0 atom stereocenters. The predicted octanol–water partition coefficient (Wildman–Crippen LogP) is 1.65. The van der Waals surface area contributed by atoms with Crippen LogP contribution in [0.15, 0.2) is 18.2 Å². The first-order valence-electron chi connectivity index (χ1n) is 6.33. The molecule has 92 valence electrons. The predicted molar refractivity (Wildman–Crippen MR) is 68.1 cm³/mol. The standard InChI is InChI=1S/C14H14N2O2/c1-2-15-8-10-5-9-6-13-14(18-4-3-17-13)7-12(9)16-11(1)10/h5-7,15H,1-4,8H2. The van der Waals surface area contributed by atoms with E-state index in [-0.39, 0.29) is 0 Å². The van der Waals surface area contributed by atoms with Crippen LogP contribution in [0.2, 0.25) is 0 Å². The third-order valence-corrected chi connectivity index (χ3v) is 3.50. The van der Waals surface area contributed by atoms with Crippen molar-refractivity contribution < 1.29 is 9.47 Å². The highest BCUT2D eigenvalue weighted by atomic mass is 16.6. The molecule has 18 heavy (non-hydrogen) atoms. The zero-order chi connectivity index (χ0) is 11.9. The fourth-order valence-corrected chi connectivity index (χ4v) is 2.59. The van der Waals surface area contributed by atoms with E-state index in [1.54, 1.807) is 0 Å². The van der Waals surface area contributed by atoms with E-state index in [2.05, 4.69) is 11.4 Å². The summed E-state index contributed by atoms with van der Waals surface area (Å²) in [5, 5.41) is 4.50. The molecule has 0 saturated carbocycles. The Morgan fingerprint density at radius 2 is 1.89 bits per heavy atom. The van der Waals surface area contributed by atoms with Crippen molar-refractivity contribution in [2.45, 2.75) is 13.0 Å². The van der Waals surface area contributed by atoms with E-state index < -0.39 is 0 Å². The maximum atomic E-state index is 5.61. The van der Waals surface area contributed by atoms with Gasteiger partial charge in [-0.25, -0.2) is 0 Å². The molecule has 2 aromatic rings. The highest BCUT2D eigenvalue weighted by molar-refractivity contribution is 5.83. The molecule has 0 bridgehead atoms. The fourth-order valence-electron chi connectivity index (χ4n) is 2.59. The van der Waals surface area contributed by atoms with Crippen molar-refractivity contribution in [2.24, 2.45) is 0 Å². The van der Waals surface area contributed by atoms with Crippen LogP contribution in [0, 0.1) is 0 Å². The summed E-state index contributed by atoms with van der Waals surface area (Å²) in [6.07, 6.45) is 1.000. The second-order valence-corrected chi connectivity index (χ2v) is 4.71. The maximum absolute atomic E-state index is 5.61. The lowest BCUT2D eigenvalue weighted by atomic mass is 10.0. The molecule has 3 heterocycles. The molecule has 0 spiro atoms. The van der Waals surface area contributed by atoms with Crippen LogP contribution in [0.1, 0.15) is 11.3 Å². The number of hydrogen-bond donors (Lipinski definition) is 1. The largest absolute Gasteiger partial charge is 0.486 e. The van der Waals surface area contributed by atoms with Crippen LogP contribution in [0.4, 0.5) is 0 Å². The minimum absolute atomic E-state index is 0.618. The normalized spacial score (nSPS) is 17.6. The monoisotopic (exact) mass is 242 g/mol. The summed E-state index contributed by atoms with van der Waals surface area (Å²) in [7, 11) is 0. The molecule has 1 aromatic heterocycles. The van der Waals surface area contributed by atoms with E-state index >= 15 is 0 Å². The Labute approximate surface area is 105 Å². The Bertz CT molecular complexity index is 519. The molecule has 4 heteroatoms. The van der Waals surface area contributed by atoms with Gasteiger partial charge in [-0.15, -0.1) is 0 Å². The summed E-state index contributed by atoms with van der Waals surface area (Å²) in [5.41, 5.74) is 3.50. The summed E-state index contributed by atoms with van der Waals surface area (Å²) in [4.78, 5) is 4.75. The van der Waals surface area contributed by atoms with Gasteiger partial charge in [0, 0.05) is 36.7 Å². The van der Waals surface area contributed by atoms with Gasteiger partial charge in [0.05, 0.1) is 5.52 Å². The number of nitrogens with one attached hydrogen (secondary N) is 1. The fraction of sp³-hybridized carbons (Fsp3) is 0.357. The van der Waals surface area contributed by atoms with Gasteiger partial charge in [0.1, 0.15) is 13.2 Å². The third kappa shape index (κ3) is 1.53. The van der Waals surface area contributed by atoms with Crippen LogP contribution < -0.4 is 14.8 Å². The van der Waals surface area contributed by atoms with Crippen LogP contribution in [0.5, 0.6) is 11.5 Å². The SMILES string of the molecule is c1c2c(nc3cc4c(cc13)OCCO4)CCNC2. The molecule has 0 radical (unpaired) electrons. The molecule has 0 saturated heterocycles. The summed E-state index contributed by atoms with van der Waals surface area (Å²) in [5.74, 6) is 1.65. The zero-order valence-corrected chi connectivity index (χ0v) is 10.0. The van der Waals surface area contributed by atoms with Crippen LogP contribution >= 0.6 is 0 Å². The van der Waals surface area contributed by atoms with Crippen molar-refractivity contribution in [1.29, 1.82) is 0 Å². The average Bonchev–Trinajstić information content (AvgIpc) is 2.42. The first-order chi connectivity index (χ1) is 8.90. The topological polar surface area (TPSA) is 43.4 Å². The van der Waals surface area contributed by atoms with Gasteiger partial charge in [-0.1, -0.05) is 0 Å². The van der Waals surface area contributed by atoms with E-state index in [4.69, 9.17) is 14.5 Å². The molecule has 1 aromatic carbocycles. The van der Waals surface area contributed by atoms with Crippen molar-refractivity contribution in [3.05, 3.63) is 29.5 Å². The number of ether oxygens (including phenoxy) is 2. The average molecular weight is 242 g/mol. The Morgan fingerprint density at radius 3 is 2.78 bits per heavy atom. The van der Waals surface area contributed by atoms with Crippen molar-refractivity contribution in [3.8, 4) is 11.5 Å². The number of hydrogen-bond acceptors (Lipinski definition) is 4.